The van der Waals surface area contributed by atoms with Gasteiger partial charge >= 0.3 is 0 Å². The van der Waals surface area contributed by atoms with Gasteiger partial charge in [0.05, 0.1) is 59.0 Å². The van der Waals surface area contributed by atoms with Crippen LogP contribution in [0.2, 0.25) is 0 Å². The van der Waals surface area contributed by atoms with Gasteiger partial charge in [0.25, 0.3) is 0 Å². The summed E-state index contributed by atoms with van der Waals surface area (Å²) in [5.74, 6) is 0.524. The maximum Gasteiger partial charge on any atom is 0.0756 e. The first-order valence-corrected chi connectivity index (χ1v) is 10.2. The second kappa shape index (κ2) is 8.84. The van der Waals surface area contributed by atoms with Crippen LogP contribution >= 0.6 is 0 Å². The maximum absolute atomic E-state index is 11.2. The van der Waals surface area contributed by atoms with Crippen LogP contribution in [0, 0.1) is 16.7 Å². The second-order valence-corrected chi connectivity index (χ2v) is 8.71. The zero-order valence-corrected chi connectivity index (χ0v) is 16.7. The van der Waals surface area contributed by atoms with Gasteiger partial charge in [-0.15, -0.1) is 0 Å². The number of rotatable bonds is 1. The number of ether oxygens (including phenoxy) is 4. The van der Waals surface area contributed by atoms with E-state index in [1.54, 1.807) is 0 Å². The van der Waals surface area contributed by atoms with Crippen molar-refractivity contribution >= 4 is 0 Å². The summed E-state index contributed by atoms with van der Waals surface area (Å²) in [5.41, 5.74) is 0.167. The average molecular weight is 372 g/mol. The fourth-order valence-corrected chi connectivity index (χ4v) is 5.28. The smallest absolute Gasteiger partial charge is 0.0756 e. The highest BCUT2D eigenvalue weighted by Gasteiger charge is 2.66. The molecule has 1 aliphatic heterocycles. The van der Waals surface area contributed by atoms with Gasteiger partial charge in [-0.25, -0.2) is 0 Å². The number of aliphatic hydroxyl groups is 1. The van der Waals surface area contributed by atoms with Crippen LogP contribution in [0.25, 0.3) is 0 Å². The van der Waals surface area contributed by atoms with Gasteiger partial charge in [-0.1, -0.05) is 20.8 Å². The third-order valence-electron chi connectivity index (χ3n) is 7.35. The largest absolute Gasteiger partial charge is 0.391 e. The molecule has 6 heteroatoms. The molecule has 2 aliphatic carbocycles. The van der Waals surface area contributed by atoms with Gasteiger partial charge in [-0.3, -0.25) is 4.90 Å². The van der Waals surface area contributed by atoms with E-state index in [9.17, 15) is 5.11 Å². The summed E-state index contributed by atoms with van der Waals surface area (Å²) in [7, 11) is 0. The Balaban J connectivity index is 1.63. The monoisotopic (exact) mass is 371 g/mol. The third-order valence-corrected chi connectivity index (χ3v) is 7.35. The van der Waals surface area contributed by atoms with E-state index in [1.807, 2.05) is 0 Å². The second-order valence-electron chi connectivity index (χ2n) is 8.71. The molecule has 0 aromatic heterocycles. The predicted octanol–water partition coefficient (Wildman–Crippen LogP) is 1.55. The zero-order valence-electron chi connectivity index (χ0n) is 16.7. The lowest BCUT2D eigenvalue weighted by molar-refractivity contribution is -0.0450. The molecule has 6 nitrogen and oxygen atoms in total. The molecule has 1 saturated heterocycles. The van der Waals surface area contributed by atoms with E-state index in [0.717, 1.165) is 19.5 Å². The van der Waals surface area contributed by atoms with Crippen molar-refractivity contribution < 1.29 is 24.1 Å². The first kappa shape index (κ1) is 20.5. The van der Waals surface area contributed by atoms with Crippen molar-refractivity contribution in [3.8, 4) is 0 Å². The fraction of sp³-hybridized carbons (Fsp3) is 1.00. The summed E-state index contributed by atoms with van der Waals surface area (Å²) >= 11 is 0. The Morgan fingerprint density at radius 3 is 1.65 bits per heavy atom. The molecule has 1 heterocycles. The molecule has 1 unspecified atom stereocenters. The van der Waals surface area contributed by atoms with Crippen molar-refractivity contribution in [3.63, 3.8) is 0 Å². The molecule has 2 saturated carbocycles. The van der Waals surface area contributed by atoms with Crippen LogP contribution in [-0.2, 0) is 18.9 Å². The topological polar surface area (TPSA) is 60.4 Å². The lowest BCUT2D eigenvalue weighted by atomic mass is 9.70. The van der Waals surface area contributed by atoms with Crippen LogP contribution in [0.5, 0.6) is 0 Å². The minimum Gasteiger partial charge on any atom is -0.391 e. The van der Waals surface area contributed by atoms with Gasteiger partial charge in [0, 0.05) is 24.5 Å². The molecule has 2 bridgehead atoms. The van der Waals surface area contributed by atoms with E-state index in [4.69, 9.17) is 18.9 Å². The van der Waals surface area contributed by atoms with Gasteiger partial charge in [0.2, 0.25) is 0 Å². The molecule has 0 radical (unpaired) electrons. The van der Waals surface area contributed by atoms with Crippen LogP contribution in [-0.4, -0.2) is 88.1 Å². The molecule has 152 valence electrons. The molecule has 0 aromatic rings. The third kappa shape index (κ3) is 3.96. The van der Waals surface area contributed by atoms with E-state index in [-0.39, 0.29) is 23.0 Å². The molecular weight excluding hydrogens is 334 g/mol. The van der Waals surface area contributed by atoms with Crippen molar-refractivity contribution in [3.05, 3.63) is 0 Å². The summed E-state index contributed by atoms with van der Waals surface area (Å²) in [6, 6.07) is 0.194. The van der Waals surface area contributed by atoms with Crippen molar-refractivity contribution in [2.24, 2.45) is 16.7 Å². The highest BCUT2D eigenvalue weighted by molar-refractivity contribution is 5.17. The summed E-state index contributed by atoms with van der Waals surface area (Å²) < 4.78 is 22.5. The molecule has 4 atom stereocenters. The van der Waals surface area contributed by atoms with Crippen LogP contribution in [0.15, 0.2) is 0 Å². The number of hydrogen-bond donors (Lipinski definition) is 1. The Hall–Kier alpha value is -0.240. The highest BCUT2D eigenvalue weighted by Crippen LogP contribution is 2.66. The lowest BCUT2D eigenvalue weighted by Crippen LogP contribution is -2.51. The van der Waals surface area contributed by atoms with E-state index in [0.29, 0.717) is 58.8 Å². The van der Waals surface area contributed by atoms with E-state index >= 15 is 0 Å². The number of nitrogens with zero attached hydrogens (tertiary/aromatic N) is 1. The van der Waals surface area contributed by atoms with Gasteiger partial charge < -0.3 is 24.1 Å². The lowest BCUT2D eigenvalue weighted by Gasteiger charge is -2.40. The number of hydrogen-bond acceptors (Lipinski definition) is 6. The van der Waals surface area contributed by atoms with Crippen LogP contribution in [0.3, 0.4) is 0 Å². The van der Waals surface area contributed by atoms with Crippen molar-refractivity contribution in [2.45, 2.75) is 45.8 Å². The minimum atomic E-state index is -0.287. The van der Waals surface area contributed by atoms with Crippen molar-refractivity contribution in [1.29, 1.82) is 0 Å². The van der Waals surface area contributed by atoms with Crippen LogP contribution in [0.1, 0.15) is 33.6 Å². The van der Waals surface area contributed by atoms with Crippen molar-refractivity contribution in [1.82, 2.24) is 4.90 Å². The average Bonchev–Trinajstić information content (AvgIpc) is 2.91. The molecular formula is C20H37NO5. The summed E-state index contributed by atoms with van der Waals surface area (Å²) in [6.45, 7) is 13.5. The molecule has 26 heavy (non-hydrogen) atoms. The highest BCUT2D eigenvalue weighted by atomic mass is 16.6. The van der Waals surface area contributed by atoms with Gasteiger partial charge in [-0.05, 0) is 24.2 Å². The SMILES string of the molecule is CC1(C)C2CC[C@@]1(C)[C@H](O)[C@@H]2N1CCOCCOCCOCCOCC1. The number of aliphatic hydroxyl groups excluding tert-OH is 1. The number of fused-ring (bicyclic) bond motifs is 2. The zero-order chi connectivity index (χ0) is 18.6. The maximum atomic E-state index is 11.2. The minimum absolute atomic E-state index is 0.00271. The van der Waals surface area contributed by atoms with Crippen LogP contribution < -0.4 is 0 Å². The molecule has 3 rings (SSSR count). The Kier molecular flexibility index (Phi) is 6.97. The van der Waals surface area contributed by atoms with Gasteiger partial charge in [-0.2, -0.15) is 0 Å². The van der Waals surface area contributed by atoms with Gasteiger partial charge in [0.1, 0.15) is 0 Å². The summed E-state index contributed by atoms with van der Waals surface area (Å²) in [6.07, 6.45) is 2.04. The Bertz CT molecular complexity index is 430. The molecule has 1 N–H and O–H groups in total. The first-order valence-electron chi connectivity index (χ1n) is 10.2. The molecule has 3 fully saturated rings. The molecule has 3 aliphatic rings. The Labute approximate surface area is 158 Å². The fourth-order valence-electron chi connectivity index (χ4n) is 5.28. The normalized spacial score (nSPS) is 40.8. The van der Waals surface area contributed by atoms with Crippen molar-refractivity contribution in [2.75, 3.05) is 65.9 Å². The summed E-state index contributed by atoms with van der Waals surface area (Å²) in [4.78, 5) is 2.41. The molecule has 0 aromatic carbocycles. The molecule has 0 spiro atoms. The quantitative estimate of drug-likeness (QED) is 0.755. The van der Waals surface area contributed by atoms with E-state index in [2.05, 4.69) is 25.7 Å². The Morgan fingerprint density at radius 1 is 0.769 bits per heavy atom. The predicted molar refractivity (Wildman–Crippen MR) is 99.3 cm³/mol. The van der Waals surface area contributed by atoms with E-state index < -0.39 is 0 Å². The standard InChI is InChI=1S/C20H37NO5/c1-19(2)16-4-5-20(19,3)18(22)17(16)21-6-8-23-10-12-25-14-15-26-13-11-24-9-7-21/h16-18,22H,4-15H2,1-3H3/t16?,17-,18-,20+/m1/s1. The van der Waals surface area contributed by atoms with Gasteiger partial charge in [0.15, 0.2) is 0 Å². The van der Waals surface area contributed by atoms with E-state index in [1.165, 1.54) is 6.42 Å². The first-order chi connectivity index (χ1) is 12.5. The summed E-state index contributed by atoms with van der Waals surface area (Å²) in [5, 5.41) is 11.2. The molecule has 0 amide bonds. The Morgan fingerprint density at radius 2 is 1.23 bits per heavy atom. The van der Waals surface area contributed by atoms with Crippen LogP contribution in [0.4, 0.5) is 0 Å².